The Kier molecular flexibility index (Phi) is 6.41. The maximum atomic E-state index is 11.2. The van der Waals surface area contributed by atoms with E-state index in [2.05, 4.69) is 46.9 Å². The average molecular weight is 324 g/mol. The lowest BCUT2D eigenvalue weighted by molar-refractivity contribution is 0.127. The second-order valence-electron chi connectivity index (χ2n) is 6.50. The van der Waals surface area contributed by atoms with Crippen molar-refractivity contribution in [2.75, 3.05) is 25.9 Å². The molecule has 5 heteroatoms. The minimum absolute atomic E-state index is 0.433. The van der Waals surface area contributed by atoms with Crippen molar-refractivity contribution in [1.29, 1.82) is 0 Å². The van der Waals surface area contributed by atoms with Gasteiger partial charge in [0.2, 0.25) is 10.0 Å². The molecule has 1 aromatic carbocycles. The molecule has 1 heterocycles. The number of nitrogens with one attached hydrogen (secondary N) is 1. The fourth-order valence-corrected chi connectivity index (χ4v) is 3.67. The Morgan fingerprint density at radius 3 is 2.73 bits per heavy atom. The van der Waals surface area contributed by atoms with Crippen LogP contribution in [0.25, 0.3) is 0 Å². The molecule has 0 aromatic heterocycles. The van der Waals surface area contributed by atoms with Gasteiger partial charge in [-0.15, -0.1) is 0 Å². The Bertz CT molecular complexity index is 545. The number of nitrogens with zero attached hydrogens (tertiary/aromatic N) is 1. The highest BCUT2D eigenvalue weighted by Crippen LogP contribution is 2.20. The van der Waals surface area contributed by atoms with E-state index in [9.17, 15) is 8.42 Å². The number of rotatable bonds is 7. The third kappa shape index (κ3) is 6.07. The fourth-order valence-electron chi connectivity index (χ4n) is 3.14. The second-order valence-corrected chi connectivity index (χ2v) is 8.33. The van der Waals surface area contributed by atoms with Crippen LogP contribution < -0.4 is 4.72 Å². The Morgan fingerprint density at radius 2 is 2.05 bits per heavy atom. The molecule has 1 fully saturated rings. The summed E-state index contributed by atoms with van der Waals surface area (Å²) in [6, 6.07) is 11.1. The molecule has 0 spiro atoms. The SMILES string of the molecule is CC(CCc1ccccc1)N1CCCC(CNS(C)(=O)=O)C1. The van der Waals surface area contributed by atoms with E-state index in [1.165, 1.54) is 11.8 Å². The first-order chi connectivity index (χ1) is 10.4. The lowest BCUT2D eigenvalue weighted by Crippen LogP contribution is -2.44. The van der Waals surface area contributed by atoms with Crippen LogP contribution >= 0.6 is 0 Å². The summed E-state index contributed by atoms with van der Waals surface area (Å²) in [7, 11) is -3.08. The lowest BCUT2D eigenvalue weighted by Gasteiger charge is -2.37. The molecule has 1 N–H and O–H groups in total. The molecule has 22 heavy (non-hydrogen) atoms. The van der Waals surface area contributed by atoms with E-state index in [0.29, 0.717) is 18.5 Å². The molecule has 0 aliphatic carbocycles. The Morgan fingerprint density at radius 1 is 1.32 bits per heavy atom. The zero-order valence-electron chi connectivity index (χ0n) is 13.7. The number of piperidine rings is 1. The van der Waals surface area contributed by atoms with Crippen molar-refractivity contribution in [3.05, 3.63) is 35.9 Å². The molecule has 4 nitrogen and oxygen atoms in total. The van der Waals surface area contributed by atoms with Gasteiger partial charge in [0, 0.05) is 19.1 Å². The molecule has 2 unspecified atom stereocenters. The van der Waals surface area contributed by atoms with E-state index >= 15 is 0 Å². The van der Waals surface area contributed by atoms with Gasteiger partial charge in [0.25, 0.3) is 0 Å². The molecule has 0 amide bonds. The Balaban J connectivity index is 1.78. The van der Waals surface area contributed by atoms with E-state index in [0.717, 1.165) is 38.8 Å². The van der Waals surface area contributed by atoms with Gasteiger partial charge in [-0.3, -0.25) is 0 Å². The van der Waals surface area contributed by atoms with Gasteiger partial charge < -0.3 is 4.90 Å². The molecular weight excluding hydrogens is 296 g/mol. The lowest BCUT2D eigenvalue weighted by atomic mass is 9.95. The highest BCUT2D eigenvalue weighted by atomic mass is 32.2. The molecule has 0 bridgehead atoms. The number of hydrogen-bond donors (Lipinski definition) is 1. The molecule has 1 saturated heterocycles. The summed E-state index contributed by atoms with van der Waals surface area (Å²) in [6.45, 7) is 4.99. The molecule has 1 aliphatic rings. The van der Waals surface area contributed by atoms with E-state index in [4.69, 9.17) is 0 Å². The van der Waals surface area contributed by atoms with Crippen molar-refractivity contribution in [1.82, 2.24) is 9.62 Å². The summed E-state index contributed by atoms with van der Waals surface area (Å²) in [5.74, 6) is 0.433. The Hall–Kier alpha value is -0.910. The average Bonchev–Trinajstić information content (AvgIpc) is 2.51. The number of benzene rings is 1. The number of aryl methyl sites for hydroxylation is 1. The number of likely N-dealkylation sites (tertiary alicyclic amines) is 1. The Labute approximate surface area is 135 Å². The van der Waals surface area contributed by atoms with Crippen molar-refractivity contribution in [2.45, 2.75) is 38.6 Å². The molecule has 0 radical (unpaired) electrons. The van der Waals surface area contributed by atoms with Crippen LogP contribution in [-0.4, -0.2) is 45.2 Å². The highest BCUT2D eigenvalue weighted by Gasteiger charge is 2.23. The van der Waals surface area contributed by atoms with Crippen molar-refractivity contribution in [2.24, 2.45) is 5.92 Å². The van der Waals surface area contributed by atoms with Gasteiger partial charge in [-0.2, -0.15) is 0 Å². The first-order valence-corrected chi connectivity index (χ1v) is 10.1. The molecule has 2 atom stereocenters. The van der Waals surface area contributed by atoms with Crippen LogP contribution in [-0.2, 0) is 16.4 Å². The topological polar surface area (TPSA) is 49.4 Å². The quantitative estimate of drug-likeness (QED) is 0.837. The molecule has 2 rings (SSSR count). The third-order valence-electron chi connectivity index (χ3n) is 4.50. The van der Waals surface area contributed by atoms with Crippen LogP contribution in [0.15, 0.2) is 30.3 Å². The van der Waals surface area contributed by atoms with Crippen molar-refractivity contribution >= 4 is 10.0 Å². The minimum atomic E-state index is -3.08. The van der Waals surface area contributed by atoms with Gasteiger partial charge in [-0.05, 0) is 50.6 Å². The van der Waals surface area contributed by atoms with Crippen molar-refractivity contribution < 1.29 is 8.42 Å². The summed E-state index contributed by atoms with van der Waals surface area (Å²) in [4.78, 5) is 2.51. The molecule has 1 aliphatic heterocycles. The standard InChI is InChI=1S/C17H28N2O2S/c1-15(10-11-16-7-4-3-5-8-16)19-12-6-9-17(14-19)13-18-22(2,20)21/h3-5,7-8,15,17-18H,6,9-14H2,1-2H3. The predicted molar refractivity (Wildman–Crippen MR) is 91.4 cm³/mol. The molecule has 124 valence electrons. The maximum Gasteiger partial charge on any atom is 0.208 e. The van der Waals surface area contributed by atoms with Crippen molar-refractivity contribution in [3.8, 4) is 0 Å². The summed E-state index contributed by atoms with van der Waals surface area (Å²) >= 11 is 0. The van der Waals surface area contributed by atoms with Gasteiger partial charge in [0.1, 0.15) is 0 Å². The van der Waals surface area contributed by atoms with E-state index in [-0.39, 0.29) is 0 Å². The number of hydrogen-bond acceptors (Lipinski definition) is 3. The van der Waals surface area contributed by atoms with Crippen LogP contribution in [0, 0.1) is 5.92 Å². The fraction of sp³-hybridized carbons (Fsp3) is 0.647. The zero-order chi connectivity index (χ0) is 16.0. The zero-order valence-corrected chi connectivity index (χ0v) is 14.5. The van der Waals surface area contributed by atoms with Crippen LogP contribution in [0.4, 0.5) is 0 Å². The summed E-state index contributed by atoms with van der Waals surface area (Å²) in [5.41, 5.74) is 1.39. The monoisotopic (exact) mass is 324 g/mol. The maximum absolute atomic E-state index is 11.2. The smallest absolute Gasteiger partial charge is 0.208 e. The number of sulfonamides is 1. The van der Waals surface area contributed by atoms with Crippen LogP contribution in [0.5, 0.6) is 0 Å². The van der Waals surface area contributed by atoms with Gasteiger partial charge in [-0.25, -0.2) is 13.1 Å². The first-order valence-electron chi connectivity index (χ1n) is 8.16. The van der Waals surface area contributed by atoms with Gasteiger partial charge in [0.05, 0.1) is 6.26 Å². The second kappa shape index (κ2) is 8.09. The minimum Gasteiger partial charge on any atom is -0.300 e. The predicted octanol–water partition coefficient (Wildman–Crippen LogP) is 2.27. The van der Waals surface area contributed by atoms with Crippen LogP contribution in [0.3, 0.4) is 0 Å². The highest BCUT2D eigenvalue weighted by molar-refractivity contribution is 7.88. The van der Waals surface area contributed by atoms with Gasteiger partial charge in [-0.1, -0.05) is 30.3 Å². The molecule has 0 saturated carbocycles. The summed E-state index contributed by atoms with van der Waals surface area (Å²) in [6.07, 6.45) is 5.76. The van der Waals surface area contributed by atoms with Crippen LogP contribution in [0.1, 0.15) is 31.7 Å². The van der Waals surface area contributed by atoms with Gasteiger partial charge in [0.15, 0.2) is 0 Å². The molecule has 1 aromatic rings. The van der Waals surface area contributed by atoms with E-state index in [1.54, 1.807) is 0 Å². The molecular formula is C17H28N2O2S. The third-order valence-corrected chi connectivity index (χ3v) is 5.19. The van der Waals surface area contributed by atoms with Crippen LogP contribution in [0.2, 0.25) is 0 Å². The van der Waals surface area contributed by atoms with Crippen molar-refractivity contribution in [3.63, 3.8) is 0 Å². The summed E-state index contributed by atoms with van der Waals surface area (Å²) < 4.78 is 25.1. The normalized spacial score (nSPS) is 21.6. The van der Waals surface area contributed by atoms with E-state index < -0.39 is 10.0 Å². The van der Waals surface area contributed by atoms with E-state index in [1.807, 2.05) is 0 Å². The summed E-state index contributed by atoms with van der Waals surface area (Å²) in [5, 5.41) is 0. The largest absolute Gasteiger partial charge is 0.300 e. The first kappa shape index (κ1) is 17.4. The van der Waals surface area contributed by atoms with Gasteiger partial charge >= 0.3 is 0 Å².